The Hall–Kier alpha value is -0.750. The third-order valence-corrected chi connectivity index (χ3v) is 4.92. The van der Waals surface area contributed by atoms with Crippen molar-refractivity contribution < 1.29 is 17.9 Å². The van der Waals surface area contributed by atoms with Crippen molar-refractivity contribution in [2.45, 2.75) is 33.8 Å². The molecule has 1 saturated heterocycles. The van der Waals surface area contributed by atoms with Gasteiger partial charge in [-0.1, -0.05) is 38.6 Å². The molecule has 1 fully saturated rings. The van der Waals surface area contributed by atoms with E-state index in [0.29, 0.717) is 12.4 Å². The van der Waals surface area contributed by atoms with Crippen LogP contribution in [0.3, 0.4) is 0 Å². The van der Waals surface area contributed by atoms with Crippen molar-refractivity contribution in [3.63, 3.8) is 0 Å². The van der Waals surface area contributed by atoms with Gasteiger partial charge in [-0.05, 0) is 24.0 Å². The lowest BCUT2D eigenvalue weighted by Gasteiger charge is -2.40. The van der Waals surface area contributed by atoms with E-state index in [1.54, 1.807) is 0 Å². The molecule has 0 spiro atoms. The Morgan fingerprint density at radius 2 is 1.86 bits per heavy atom. The fraction of sp³-hybridized carbons (Fsp3) is 0.647. The molecule has 0 amide bonds. The van der Waals surface area contributed by atoms with Crippen LogP contribution in [0.4, 0.5) is 0 Å². The number of hydrogen-bond donors (Lipinski definition) is 0. The van der Waals surface area contributed by atoms with Crippen LogP contribution in [0, 0.1) is 5.41 Å². The minimum atomic E-state index is -1.18. The van der Waals surface area contributed by atoms with Gasteiger partial charge < -0.3 is 9.47 Å². The molecule has 5 heteroatoms. The smallest absolute Gasteiger partial charge is 0.155 e. The zero-order valence-electron chi connectivity index (χ0n) is 12.8. The molecule has 1 atom stereocenters. The zero-order valence-corrected chi connectivity index (χ0v) is 13.6. The highest BCUT2D eigenvalue weighted by Gasteiger charge is 2.36. The second-order valence-electron chi connectivity index (χ2n) is 5.58. The molecule has 1 heterocycles. The highest BCUT2D eigenvalue weighted by Crippen LogP contribution is 2.31. The molecule has 1 unspecified atom stereocenters. The van der Waals surface area contributed by atoms with Gasteiger partial charge >= 0.3 is 0 Å². The van der Waals surface area contributed by atoms with Gasteiger partial charge in [0.05, 0.1) is 39.3 Å². The van der Waals surface area contributed by atoms with E-state index in [-0.39, 0.29) is 12.8 Å². The van der Waals surface area contributed by atoms with Crippen LogP contribution in [-0.4, -0.2) is 36.9 Å². The van der Waals surface area contributed by atoms with E-state index in [9.17, 15) is 4.21 Å². The predicted octanol–water partition coefficient (Wildman–Crippen LogP) is 3.12. The van der Waals surface area contributed by atoms with Crippen LogP contribution in [0.25, 0.3) is 0 Å². The maximum absolute atomic E-state index is 11.2. The van der Waals surface area contributed by atoms with Crippen molar-refractivity contribution in [2.75, 3.05) is 32.7 Å². The second kappa shape index (κ2) is 9.40. The molecule has 0 N–H and O–H groups in total. The third-order valence-electron chi connectivity index (χ3n) is 4.01. The summed E-state index contributed by atoms with van der Waals surface area (Å²) in [4.78, 5) is 0. The number of hydrogen-bond acceptors (Lipinski definition) is 4. The molecule has 2 rings (SSSR count). The first-order valence-corrected chi connectivity index (χ1v) is 8.58. The third kappa shape index (κ3) is 5.47. The van der Waals surface area contributed by atoms with Gasteiger partial charge in [0.2, 0.25) is 0 Å². The van der Waals surface area contributed by atoms with Gasteiger partial charge in [0.1, 0.15) is 0 Å². The number of aryl methyl sites for hydroxylation is 1. The number of benzene rings is 1. The van der Waals surface area contributed by atoms with Crippen LogP contribution >= 0.6 is 0 Å². The molecule has 0 saturated carbocycles. The molecule has 0 aliphatic carbocycles. The molecule has 1 aromatic rings. The van der Waals surface area contributed by atoms with Gasteiger partial charge in [-0.25, -0.2) is 4.21 Å². The fourth-order valence-electron chi connectivity index (χ4n) is 2.25. The average Bonchev–Trinajstić information content (AvgIpc) is 2.48. The van der Waals surface area contributed by atoms with E-state index in [2.05, 4.69) is 31.2 Å². The van der Waals surface area contributed by atoms with Crippen LogP contribution < -0.4 is 0 Å². The monoisotopic (exact) mass is 328 g/mol. The summed E-state index contributed by atoms with van der Waals surface area (Å²) in [6.45, 7) is 5.22. The van der Waals surface area contributed by atoms with Crippen molar-refractivity contribution in [1.82, 2.24) is 0 Å². The van der Waals surface area contributed by atoms with E-state index in [4.69, 9.17) is 13.7 Å². The second-order valence-corrected chi connectivity index (χ2v) is 6.93. The Balaban J connectivity index is 0.00000242. The number of ether oxygens (including phenoxy) is 2. The molecule has 22 heavy (non-hydrogen) atoms. The first kappa shape index (κ1) is 19.3. The van der Waals surface area contributed by atoms with Crippen molar-refractivity contribution in [1.29, 1.82) is 0 Å². The normalized spacial score (nSPS) is 17.4. The van der Waals surface area contributed by atoms with Gasteiger partial charge in [0, 0.05) is 5.41 Å². The fourth-order valence-corrected chi connectivity index (χ4v) is 2.82. The maximum atomic E-state index is 11.2. The van der Waals surface area contributed by atoms with Crippen molar-refractivity contribution >= 4 is 11.1 Å². The largest absolute Gasteiger partial charge is 0.380 e. The molecular weight excluding hydrogens is 300 g/mol. The Morgan fingerprint density at radius 3 is 2.36 bits per heavy atom. The van der Waals surface area contributed by atoms with Crippen LogP contribution in [0.15, 0.2) is 24.3 Å². The quantitative estimate of drug-likeness (QED) is 0.699. The highest BCUT2D eigenvalue weighted by atomic mass is 32.2. The molecule has 1 aromatic carbocycles. The average molecular weight is 328 g/mol. The lowest BCUT2D eigenvalue weighted by Crippen LogP contribution is -2.45. The van der Waals surface area contributed by atoms with E-state index < -0.39 is 11.1 Å². The van der Waals surface area contributed by atoms with E-state index in [1.807, 2.05) is 0 Å². The van der Waals surface area contributed by atoms with Crippen molar-refractivity contribution in [2.24, 2.45) is 5.41 Å². The van der Waals surface area contributed by atoms with Gasteiger partial charge in [0.15, 0.2) is 11.1 Å². The zero-order chi connectivity index (χ0) is 15.1. The summed E-state index contributed by atoms with van der Waals surface area (Å²) < 4.78 is 27.1. The summed E-state index contributed by atoms with van der Waals surface area (Å²) in [5, 5.41) is 0. The van der Waals surface area contributed by atoms with Crippen molar-refractivity contribution in [3.8, 4) is 0 Å². The first-order valence-electron chi connectivity index (χ1n) is 7.33. The molecule has 126 valence electrons. The van der Waals surface area contributed by atoms with Gasteiger partial charge in [0.25, 0.3) is 0 Å². The standard InChI is InChI=1S/C16H24O4S.CH4/c1-3-16(12-20-13-16)11-19-10-15-6-4-14(5-7-15)8-9-21(17)18-2;/h4-7H,3,8-13H2,1-2H3;1H4. The Morgan fingerprint density at radius 1 is 1.23 bits per heavy atom. The lowest BCUT2D eigenvalue weighted by molar-refractivity contribution is -0.152. The summed E-state index contributed by atoms with van der Waals surface area (Å²) in [5.74, 6) is 0.533. The lowest BCUT2D eigenvalue weighted by atomic mass is 9.84. The highest BCUT2D eigenvalue weighted by molar-refractivity contribution is 7.80. The maximum Gasteiger partial charge on any atom is 0.155 e. The van der Waals surface area contributed by atoms with Crippen molar-refractivity contribution in [3.05, 3.63) is 35.4 Å². The Labute approximate surface area is 136 Å². The van der Waals surface area contributed by atoms with E-state index in [0.717, 1.165) is 38.2 Å². The first-order chi connectivity index (χ1) is 10.2. The topological polar surface area (TPSA) is 44.8 Å². The SMILES string of the molecule is C.CCC1(COCc2ccc(CCS(=O)OC)cc2)COC1. The minimum Gasteiger partial charge on any atom is -0.380 e. The summed E-state index contributed by atoms with van der Waals surface area (Å²) >= 11 is -1.18. The summed E-state index contributed by atoms with van der Waals surface area (Å²) in [6, 6.07) is 8.27. The predicted molar refractivity (Wildman–Crippen MR) is 90.1 cm³/mol. The van der Waals surface area contributed by atoms with Gasteiger partial charge in [-0.3, -0.25) is 4.18 Å². The molecule has 1 aliphatic heterocycles. The minimum absolute atomic E-state index is 0. The Kier molecular flexibility index (Phi) is 8.25. The van der Waals surface area contributed by atoms with Crippen LogP contribution in [0.1, 0.15) is 31.9 Å². The van der Waals surface area contributed by atoms with Crippen LogP contribution in [-0.2, 0) is 37.8 Å². The summed E-state index contributed by atoms with van der Waals surface area (Å²) in [5.41, 5.74) is 2.57. The summed E-state index contributed by atoms with van der Waals surface area (Å²) in [6.07, 6.45) is 1.86. The number of rotatable bonds is 9. The van der Waals surface area contributed by atoms with E-state index >= 15 is 0 Å². The summed E-state index contributed by atoms with van der Waals surface area (Å²) in [7, 11) is 1.47. The van der Waals surface area contributed by atoms with E-state index in [1.165, 1.54) is 12.7 Å². The molecule has 0 radical (unpaired) electrons. The molecule has 0 bridgehead atoms. The van der Waals surface area contributed by atoms with Crippen LogP contribution in [0.5, 0.6) is 0 Å². The van der Waals surface area contributed by atoms with Gasteiger partial charge in [-0.15, -0.1) is 0 Å². The molecule has 0 aromatic heterocycles. The van der Waals surface area contributed by atoms with Gasteiger partial charge in [-0.2, -0.15) is 0 Å². The Bertz CT molecular complexity index is 449. The van der Waals surface area contributed by atoms with Crippen LogP contribution in [0.2, 0.25) is 0 Å². The molecule has 1 aliphatic rings. The molecular formula is C17H28O4S. The molecule has 4 nitrogen and oxygen atoms in total.